The van der Waals surface area contributed by atoms with Crippen LogP contribution in [0.2, 0.25) is 0 Å². The van der Waals surface area contributed by atoms with E-state index in [9.17, 15) is 0 Å². The second-order valence-electron chi connectivity index (χ2n) is 10.8. The van der Waals surface area contributed by atoms with E-state index >= 15 is 0 Å². The third-order valence-electron chi connectivity index (χ3n) is 6.22. The molecule has 0 saturated carbocycles. The third kappa shape index (κ3) is 3.62. The molecule has 0 fully saturated rings. The van der Waals surface area contributed by atoms with E-state index in [-0.39, 0.29) is 18.2 Å². The number of benzene rings is 5. The zero-order chi connectivity index (χ0) is 22.0. The Labute approximate surface area is 187 Å². The predicted octanol–water partition coefficient (Wildman–Crippen LogP) is 9.00. The molecule has 5 rings (SSSR count). The summed E-state index contributed by atoms with van der Waals surface area (Å²) in [6.07, 6.45) is 0. The second-order valence-corrected chi connectivity index (χ2v) is 14.6. The van der Waals surface area contributed by atoms with E-state index < -0.39 is 0 Å². The Morgan fingerprint density at radius 3 is 1.39 bits per heavy atom. The Hall–Kier alpha value is -2.43. The van der Waals surface area contributed by atoms with Crippen molar-refractivity contribution in [1.82, 2.24) is 0 Å². The molecule has 0 amide bonds. The van der Waals surface area contributed by atoms with E-state index in [1.165, 1.54) is 48.4 Å². The summed E-state index contributed by atoms with van der Waals surface area (Å²) in [6.45, 7) is 14.4. The molecule has 0 aliphatic carbocycles. The quantitative estimate of drug-likeness (QED) is 0.187. The van der Waals surface area contributed by atoms with Crippen LogP contribution in [0.15, 0.2) is 78.9 Å². The molecule has 0 heterocycles. The number of rotatable bonds is 1. The van der Waals surface area contributed by atoms with E-state index in [2.05, 4.69) is 120 Å². The molecule has 0 N–H and O–H groups in total. The van der Waals surface area contributed by atoms with Crippen molar-refractivity contribution < 1.29 is 0 Å². The van der Waals surface area contributed by atoms with Crippen molar-refractivity contribution in [3.05, 3.63) is 78.9 Å². The summed E-state index contributed by atoms with van der Waals surface area (Å²) in [5.74, 6) is 0. The van der Waals surface area contributed by atoms with Crippen LogP contribution < -0.4 is 5.30 Å². The van der Waals surface area contributed by atoms with Crippen LogP contribution >= 0.6 is 7.92 Å². The minimum atomic E-state index is -0.351. The summed E-state index contributed by atoms with van der Waals surface area (Å²) in [5.41, 5.74) is 0. The van der Waals surface area contributed by atoms with Gasteiger partial charge in [0.25, 0.3) is 0 Å². The first-order chi connectivity index (χ1) is 14.6. The van der Waals surface area contributed by atoms with E-state index in [0.717, 1.165) is 0 Å². The lowest BCUT2D eigenvalue weighted by atomic mass is 9.97. The Morgan fingerprint density at radius 1 is 0.452 bits per heavy atom. The van der Waals surface area contributed by atoms with Crippen molar-refractivity contribution in [2.75, 3.05) is 0 Å². The first-order valence-electron chi connectivity index (χ1n) is 11.2. The lowest BCUT2D eigenvalue weighted by Crippen LogP contribution is -2.31. The normalized spacial score (nSPS) is 13.1. The Bertz CT molecular complexity index is 1430. The van der Waals surface area contributed by atoms with Crippen molar-refractivity contribution >= 4 is 56.3 Å². The van der Waals surface area contributed by atoms with Gasteiger partial charge in [0, 0.05) is 0 Å². The SMILES string of the molecule is CC(C)(C)P(c1cccc2cc3cc4cc5ccccc5cc4cc3cc12)C(C)(C)C. The molecule has 0 aromatic heterocycles. The zero-order valence-corrected chi connectivity index (χ0v) is 20.3. The molecule has 0 unspecified atom stereocenters. The van der Waals surface area contributed by atoms with E-state index in [1.54, 1.807) is 0 Å². The molecule has 0 aliphatic heterocycles. The van der Waals surface area contributed by atoms with E-state index in [4.69, 9.17) is 0 Å². The fourth-order valence-electron chi connectivity index (χ4n) is 5.38. The molecule has 5 aromatic rings. The maximum atomic E-state index is 2.45. The average Bonchev–Trinajstić information content (AvgIpc) is 2.67. The highest BCUT2D eigenvalue weighted by Crippen LogP contribution is 2.59. The van der Waals surface area contributed by atoms with Gasteiger partial charge >= 0.3 is 0 Å². The fraction of sp³-hybridized carbons (Fsp3) is 0.267. The molecule has 0 radical (unpaired) electrons. The predicted molar refractivity (Wildman–Crippen MR) is 143 cm³/mol. The maximum Gasteiger partial charge on any atom is -0.0100 e. The topological polar surface area (TPSA) is 0 Å². The number of hydrogen-bond acceptors (Lipinski definition) is 0. The van der Waals surface area contributed by atoms with Gasteiger partial charge in [0.2, 0.25) is 0 Å². The van der Waals surface area contributed by atoms with Gasteiger partial charge in [0.1, 0.15) is 0 Å². The standard InChI is InChI=1S/C30H31P/c1-29(2,3)31(30(4,5)6)28-13-9-12-22-16-25-17-23-14-20-10-7-8-11-21(20)15-24(23)18-26(25)19-27(22)28/h7-19H,1-6H3. The van der Waals surface area contributed by atoms with Gasteiger partial charge in [-0.15, -0.1) is 0 Å². The molecule has 0 aliphatic rings. The van der Waals surface area contributed by atoms with Crippen LogP contribution in [0, 0.1) is 0 Å². The van der Waals surface area contributed by atoms with Gasteiger partial charge in [0.05, 0.1) is 0 Å². The Morgan fingerprint density at radius 2 is 0.871 bits per heavy atom. The lowest BCUT2D eigenvalue weighted by molar-refractivity contribution is 0.715. The van der Waals surface area contributed by atoms with Gasteiger partial charge in [-0.1, -0.05) is 91.9 Å². The fourth-order valence-corrected chi connectivity index (χ4v) is 9.51. The number of hydrogen-bond donors (Lipinski definition) is 0. The van der Waals surface area contributed by atoms with Crippen molar-refractivity contribution in [2.24, 2.45) is 0 Å². The van der Waals surface area contributed by atoms with Gasteiger partial charge in [0.15, 0.2) is 0 Å². The highest BCUT2D eigenvalue weighted by molar-refractivity contribution is 7.69. The summed E-state index contributed by atoms with van der Waals surface area (Å²) in [7, 11) is -0.351. The van der Waals surface area contributed by atoms with Crippen LogP contribution in [0.25, 0.3) is 43.1 Å². The lowest BCUT2D eigenvalue weighted by Gasteiger charge is -2.42. The van der Waals surface area contributed by atoms with Crippen LogP contribution in [0.5, 0.6) is 0 Å². The van der Waals surface area contributed by atoms with Crippen molar-refractivity contribution in [1.29, 1.82) is 0 Å². The summed E-state index contributed by atoms with van der Waals surface area (Å²) in [5, 5.41) is 12.7. The molecule has 1 heteroatoms. The van der Waals surface area contributed by atoms with Gasteiger partial charge in [-0.2, -0.15) is 0 Å². The molecular weight excluding hydrogens is 391 g/mol. The molecule has 0 saturated heterocycles. The summed E-state index contributed by atoms with van der Waals surface area (Å²) in [4.78, 5) is 0. The summed E-state index contributed by atoms with van der Waals surface area (Å²) in [6, 6.07) is 29.8. The highest BCUT2D eigenvalue weighted by Gasteiger charge is 2.36. The third-order valence-corrected chi connectivity index (χ3v) is 9.77. The van der Waals surface area contributed by atoms with Gasteiger partial charge < -0.3 is 0 Å². The monoisotopic (exact) mass is 422 g/mol. The van der Waals surface area contributed by atoms with Crippen LogP contribution in [0.1, 0.15) is 41.5 Å². The van der Waals surface area contributed by atoms with Gasteiger partial charge in [-0.05, 0) is 95.1 Å². The van der Waals surface area contributed by atoms with Crippen LogP contribution in [-0.2, 0) is 0 Å². The van der Waals surface area contributed by atoms with Crippen LogP contribution in [0.3, 0.4) is 0 Å². The first kappa shape index (κ1) is 20.5. The highest BCUT2D eigenvalue weighted by atomic mass is 31.1. The Balaban J connectivity index is 1.81. The molecule has 31 heavy (non-hydrogen) atoms. The minimum absolute atomic E-state index is 0.249. The van der Waals surface area contributed by atoms with Crippen LogP contribution in [0.4, 0.5) is 0 Å². The second kappa shape index (κ2) is 7.04. The molecular formula is C30H31P. The molecule has 0 spiro atoms. The summed E-state index contributed by atoms with van der Waals surface area (Å²) >= 11 is 0. The van der Waals surface area contributed by atoms with Crippen LogP contribution in [-0.4, -0.2) is 10.3 Å². The van der Waals surface area contributed by atoms with Gasteiger partial charge in [-0.25, -0.2) is 0 Å². The average molecular weight is 423 g/mol. The van der Waals surface area contributed by atoms with Crippen molar-refractivity contribution in [3.8, 4) is 0 Å². The van der Waals surface area contributed by atoms with E-state index in [1.807, 2.05) is 0 Å². The molecule has 5 aromatic carbocycles. The molecule has 0 bridgehead atoms. The first-order valence-corrected chi connectivity index (χ1v) is 12.5. The number of fused-ring (bicyclic) bond motifs is 4. The van der Waals surface area contributed by atoms with Gasteiger partial charge in [-0.3, -0.25) is 0 Å². The maximum absolute atomic E-state index is 2.45. The molecule has 0 nitrogen and oxygen atoms in total. The molecule has 156 valence electrons. The van der Waals surface area contributed by atoms with Crippen molar-refractivity contribution in [2.45, 2.75) is 51.9 Å². The Kier molecular flexibility index (Phi) is 4.65. The van der Waals surface area contributed by atoms with E-state index in [0.29, 0.717) is 0 Å². The minimum Gasteiger partial charge on any atom is -0.0636 e. The largest absolute Gasteiger partial charge is 0.0636 e. The summed E-state index contributed by atoms with van der Waals surface area (Å²) < 4.78 is 0. The zero-order valence-electron chi connectivity index (χ0n) is 19.5. The smallest absolute Gasteiger partial charge is 0.0100 e. The van der Waals surface area contributed by atoms with Crippen molar-refractivity contribution in [3.63, 3.8) is 0 Å². The molecule has 0 atom stereocenters.